The molecule has 0 saturated heterocycles. The second-order valence-electron chi connectivity index (χ2n) is 6.12. The van der Waals surface area contributed by atoms with Crippen molar-refractivity contribution in [2.75, 3.05) is 26.8 Å². The van der Waals surface area contributed by atoms with E-state index in [4.69, 9.17) is 10.5 Å². The summed E-state index contributed by atoms with van der Waals surface area (Å²) in [6.07, 6.45) is 6.32. The maximum absolute atomic E-state index is 12.3. The number of nitrogens with one attached hydrogen (secondary N) is 1. The van der Waals surface area contributed by atoms with Gasteiger partial charge in [0.25, 0.3) is 0 Å². The van der Waals surface area contributed by atoms with Crippen LogP contribution in [-0.4, -0.2) is 55.7 Å². The summed E-state index contributed by atoms with van der Waals surface area (Å²) in [5.41, 5.74) is 5.99. The van der Waals surface area contributed by atoms with Gasteiger partial charge < -0.3 is 15.8 Å². The topological polar surface area (TPSA) is 67.6 Å². The Morgan fingerprint density at radius 1 is 1.38 bits per heavy atom. The number of hydrogen-bond donors (Lipinski definition) is 2. The van der Waals surface area contributed by atoms with Gasteiger partial charge in [0, 0.05) is 32.3 Å². The zero-order valence-corrected chi connectivity index (χ0v) is 13.9. The monoisotopic (exact) mass is 299 g/mol. The molecule has 1 fully saturated rings. The third-order valence-electron chi connectivity index (χ3n) is 4.39. The summed E-state index contributed by atoms with van der Waals surface area (Å²) in [5, 5.41) is 3.02. The normalized spacial score (nSPS) is 24.0. The molecule has 124 valence electrons. The molecule has 1 aliphatic rings. The molecular formula is C16H33N3O2. The van der Waals surface area contributed by atoms with E-state index in [-0.39, 0.29) is 11.9 Å². The molecule has 21 heavy (non-hydrogen) atoms. The van der Waals surface area contributed by atoms with Crippen LogP contribution in [0.25, 0.3) is 0 Å². The summed E-state index contributed by atoms with van der Waals surface area (Å²) < 4.78 is 5.00. The van der Waals surface area contributed by atoms with E-state index in [1.54, 1.807) is 7.11 Å². The highest BCUT2D eigenvalue weighted by atomic mass is 16.5. The van der Waals surface area contributed by atoms with Gasteiger partial charge in [0.1, 0.15) is 0 Å². The minimum absolute atomic E-state index is 0.0631. The molecule has 0 bridgehead atoms. The number of rotatable bonds is 9. The molecule has 1 atom stereocenters. The minimum atomic E-state index is -0.0631. The standard InChI is InChI=1S/C16H33N3O2/c1-4-11-19(15-8-6-14(17)7-9-15)13(2)16(20)18-10-5-12-21-3/h13-15H,4-12,17H2,1-3H3,(H,18,20). The molecule has 1 unspecified atom stereocenters. The molecule has 0 aliphatic heterocycles. The van der Waals surface area contributed by atoms with Crippen molar-refractivity contribution in [3.05, 3.63) is 0 Å². The Balaban J connectivity index is 2.47. The van der Waals surface area contributed by atoms with Crippen molar-refractivity contribution in [2.45, 2.75) is 70.5 Å². The quantitative estimate of drug-likeness (QED) is 0.633. The number of nitrogens with zero attached hydrogens (tertiary/aromatic N) is 1. The van der Waals surface area contributed by atoms with E-state index in [1.807, 2.05) is 6.92 Å². The van der Waals surface area contributed by atoms with E-state index >= 15 is 0 Å². The van der Waals surface area contributed by atoms with Gasteiger partial charge in [-0.15, -0.1) is 0 Å². The van der Waals surface area contributed by atoms with Crippen molar-refractivity contribution in [2.24, 2.45) is 5.73 Å². The zero-order chi connectivity index (χ0) is 15.7. The highest BCUT2D eigenvalue weighted by Gasteiger charge is 2.29. The van der Waals surface area contributed by atoms with Crippen LogP contribution in [0.3, 0.4) is 0 Å². The van der Waals surface area contributed by atoms with Crippen LogP contribution in [-0.2, 0) is 9.53 Å². The fraction of sp³-hybridized carbons (Fsp3) is 0.938. The fourth-order valence-corrected chi connectivity index (χ4v) is 3.11. The van der Waals surface area contributed by atoms with Crippen molar-refractivity contribution >= 4 is 5.91 Å². The van der Waals surface area contributed by atoms with E-state index in [1.165, 1.54) is 0 Å². The molecule has 3 N–H and O–H groups in total. The lowest BCUT2D eigenvalue weighted by Gasteiger charge is -2.39. The van der Waals surface area contributed by atoms with Crippen LogP contribution in [0.15, 0.2) is 0 Å². The van der Waals surface area contributed by atoms with Crippen LogP contribution in [0.5, 0.6) is 0 Å². The van der Waals surface area contributed by atoms with Crippen molar-refractivity contribution < 1.29 is 9.53 Å². The molecule has 0 aromatic carbocycles. The molecule has 5 nitrogen and oxygen atoms in total. The van der Waals surface area contributed by atoms with Crippen LogP contribution in [0.2, 0.25) is 0 Å². The van der Waals surface area contributed by atoms with Crippen molar-refractivity contribution in [1.82, 2.24) is 10.2 Å². The third kappa shape index (κ3) is 6.32. The summed E-state index contributed by atoms with van der Waals surface area (Å²) in [7, 11) is 1.68. The van der Waals surface area contributed by atoms with Gasteiger partial charge in [0.2, 0.25) is 5.91 Å². The maximum atomic E-state index is 12.3. The van der Waals surface area contributed by atoms with Gasteiger partial charge in [0.05, 0.1) is 6.04 Å². The molecule has 1 rings (SSSR count). The third-order valence-corrected chi connectivity index (χ3v) is 4.39. The van der Waals surface area contributed by atoms with Crippen molar-refractivity contribution in [3.8, 4) is 0 Å². The molecule has 0 aromatic rings. The summed E-state index contributed by atoms with van der Waals surface area (Å²) in [4.78, 5) is 14.7. The van der Waals surface area contributed by atoms with Crippen molar-refractivity contribution in [1.29, 1.82) is 0 Å². The van der Waals surface area contributed by atoms with Crippen LogP contribution in [0.1, 0.15) is 52.4 Å². The molecule has 0 heterocycles. The second kappa shape index (κ2) is 10.1. The Hall–Kier alpha value is -0.650. The van der Waals surface area contributed by atoms with E-state index in [9.17, 15) is 4.79 Å². The highest BCUT2D eigenvalue weighted by Crippen LogP contribution is 2.24. The first-order valence-electron chi connectivity index (χ1n) is 8.38. The van der Waals surface area contributed by atoms with E-state index in [2.05, 4.69) is 17.1 Å². The first-order chi connectivity index (χ1) is 10.1. The van der Waals surface area contributed by atoms with E-state index < -0.39 is 0 Å². The summed E-state index contributed by atoms with van der Waals surface area (Å²) in [6.45, 7) is 6.55. The smallest absolute Gasteiger partial charge is 0.237 e. The van der Waals surface area contributed by atoms with Gasteiger partial charge in [-0.25, -0.2) is 0 Å². The van der Waals surface area contributed by atoms with E-state index in [0.717, 1.165) is 45.1 Å². The number of nitrogens with two attached hydrogens (primary N) is 1. The summed E-state index contributed by atoms with van der Waals surface area (Å²) >= 11 is 0. The zero-order valence-electron chi connectivity index (χ0n) is 13.9. The number of amides is 1. The molecule has 0 aromatic heterocycles. The van der Waals surface area contributed by atoms with Crippen LogP contribution < -0.4 is 11.1 Å². The lowest BCUT2D eigenvalue weighted by molar-refractivity contribution is -0.127. The first kappa shape index (κ1) is 18.4. The van der Waals surface area contributed by atoms with Gasteiger partial charge in [0.15, 0.2) is 0 Å². The number of carbonyl (C=O) groups excluding carboxylic acids is 1. The Labute approximate surface area is 129 Å². The summed E-state index contributed by atoms with van der Waals surface area (Å²) in [6, 6.07) is 0.791. The van der Waals surface area contributed by atoms with E-state index in [0.29, 0.717) is 25.2 Å². The van der Waals surface area contributed by atoms with Gasteiger partial charge in [-0.2, -0.15) is 0 Å². The lowest BCUT2D eigenvalue weighted by Crippen LogP contribution is -2.51. The second-order valence-corrected chi connectivity index (χ2v) is 6.12. The average Bonchev–Trinajstić information content (AvgIpc) is 2.49. The SMILES string of the molecule is CCCN(C1CCC(N)CC1)C(C)C(=O)NCCCOC. The lowest BCUT2D eigenvalue weighted by atomic mass is 9.90. The molecule has 1 amide bonds. The van der Waals surface area contributed by atoms with Crippen LogP contribution >= 0.6 is 0 Å². The number of hydrogen-bond acceptors (Lipinski definition) is 4. The molecule has 1 saturated carbocycles. The first-order valence-corrected chi connectivity index (χ1v) is 8.38. The summed E-state index contributed by atoms with van der Waals surface area (Å²) in [5.74, 6) is 0.134. The largest absolute Gasteiger partial charge is 0.385 e. The average molecular weight is 299 g/mol. The predicted octanol–water partition coefficient (Wildman–Crippen LogP) is 1.51. The molecular weight excluding hydrogens is 266 g/mol. The predicted molar refractivity (Wildman–Crippen MR) is 86.2 cm³/mol. The number of carbonyl (C=O) groups is 1. The fourth-order valence-electron chi connectivity index (χ4n) is 3.11. The highest BCUT2D eigenvalue weighted by molar-refractivity contribution is 5.81. The van der Waals surface area contributed by atoms with Gasteiger partial charge in [-0.3, -0.25) is 9.69 Å². The van der Waals surface area contributed by atoms with Gasteiger partial charge in [-0.1, -0.05) is 6.92 Å². The Bertz CT molecular complexity index is 291. The Kier molecular flexibility index (Phi) is 8.88. The minimum Gasteiger partial charge on any atom is -0.385 e. The maximum Gasteiger partial charge on any atom is 0.237 e. The molecule has 5 heteroatoms. The van der Waals surface area contributed by atoms with Crippen LogP contribution in [0.4, 0.5) is 0 Å². The molecule has 0 spiro atoms. The Morgan fingerprint density at radius 2 is 2.05 bits per heavy atom. The van der Waals surface area contributed by atoms with Gasteiger partial charge in [-0.05, 0) is 52.0 Å². The van der Waals surface area contributed by atoms with Gasteiger partial charge >= 0.3 is 0 Å². The van der Waals surface area contributed by atoms with Crippen LogP contribution in [0, 0.1) is 0 Å². The number of methoxy groups -OCH3 is 1. The molecule has 0 radical (unpaired) electrons. The van der Waals surface area contributed by atoms with Crippen molar-refractivity contribution in [3.63, 3.8) is 0 Å². The Morgan fingerprint density at radius 3 is 2.62 bits per heavy atom. The number of ether oxygens (including phenoxy) is 1. The molecule has 1 aliphatic carbocycles.